The van der Waals surface area contributed by atoms with Crippen LogP contribution in [0.2, 0.25) is 0 Å². The highest BCUT2D eigenvalue weighted by Gasteiger charge is 2.19. The van der Waals surface area contributed by atoms with Crippen molar-refractivity contribution < 1.29 is 9.47 Å². The van der Waals surface area contributed by atoms with Crippen molar-refractivity contribution in [1.29, 1.82) is 0 Å². The van der Waals surface area contributed by atoms with Crippen LogP contribution in [-0.2, 0) is 11.2 Å². The molecule has 3 heteroatoms. The molecule has 1 aromatic carbocycles. The summed E-state index contributed by atoms with van der Waals surface area (Å²) in [6.07, 6.45) is 3.66. The van der Waals surface area contributed by atoms with Gasteiger partial charge in [-0.25, -0.2) is 0 Å². The molecule has 0 amide bonds. The number of nitrogens with one attached hydrogen (secondary N) is 1. The second kappa shape index (κ2) is 8.40. The van der Waals surface area contributed by atoms with Gasteiger partial charge in [-0.1, -0.05) is 26.8 Å². The van der Waals surface area contributed by atoms with Crippen molar-refractivity contribution in [3.63, 3.8) is 0 Å². The van der Waals surface area contributed by atoms with Gasteiger partial charge in [-0.05, 0) is 55.0 Å². The minimum Gasteiger partial charge on any atom is -0.491 e. The third-order valence-electron chi connectivity index (χ3n) is 3.83. The SMILES string of the molecule is CCNC1CCCc2cc(OCCOCC(C)C)ccc21. The number of hydrogen-bond acceptors (Lipinski definition) is 3. The Balaban J connectivity index is 1.85. The van der Waals surface area contributed by atoms with Crippen molar-refractivity contribution in [2.75, 3.05) is 26.4 Å². The summed E-state index contributed by atoms with van der Waals surface area (Å²) in [5.41, 5.74) is 2.89. The first-order chi connectivity index (χ1) is 10.2. The number of hydrogen-bond donors (Lipinski definition) is 1. The summed E-state index contributed by atoms with van der Waals surface area (Å²) in [4.78, 5) is 0. The Morgan fingerprint density at radius 3 is 2.90 bits per heavy atom. The van der Waals surface area contributed by atoms with Gasteiger partial charge in [-0.15, -0.1) is 0 Å². The molecule has 0 fully saturated rings. The summed E-state index contributed by atoms with van der Waals surface area (Å²) in [7, 11) is 0. The highest BCUT2D eigenvalue weighted by atomic mass is 16.5. The third-order valence-corrected chi connectivity index (χ3v) is 3.83. The predicted octanol–water partition coefficient (Wildman–Crippen LogP) is 3.72. The molecule has 0 radical (unpaired) electrons. The lowest BCUT2D eigenvalue weighted by atomic mass is 9.87. The lowest BCUT2D eigenvalue weighted by molar-refractivity contribution is 0.0818. The van der Waals surface area contributed by atoms with Crippen molar-refractivity contribution in [2.45, 2.75) is 46.1 Å². The van der Waals surface area contributed by atoms with Crippen molar-refractivity contribution in [2.24, 2.45) is 5.92 Å². The van der Waals surface area contributed by atoms with E-state index in [1.807, 2.05) is 0 Å². The minimum atomic E-state index is 0.516. The van der Waals surface area contributed by atoms with Crippen molar-refractivity contribution in [1.82, 2.24) is 5.32 Å². The summed E-state index contributed by atoms with van der Waals surface area (Å²) in [6.45, 7) is 9.60. The Bertz CT molecular complexity index is 431. The molecule has 1 N–H and O–H groups in total. The summed E-state index contributed by atoms with van der Waals surface area (Å²) in [5.74, 6) is 1.55. The van der Waals surface area contributed by atoms with Crippen LogP contribution in [0.5, 0.6) is 5.75 Å². The fourth-order valence-electron chi connectivity index (χ4n) is 2.88. The smallest absolute Gasteiger partial charge is 0.119 e. The number of fused-ring (bicyclic) bond motifs is 1. The number of rotatable bonds is 8. The minimum absolute atomic E-state index is 0.516. The first-order valence-corrected chi connectivity index (χ1v) is 8.27. The summed E-state index contributed by atoms with van der Waals surface area (Å²) >= 11 is 0. The van der Waals surface area contributed by atoms with Gasteiger partial charge in [0.15, 0.2) is 0 Å². The van der Waals surface area contributed by atoms with Crippen molar-refractivity contribution in [3.8, 4) is 5.75 Å². The van der Waals surface area contributed by atoms with Gasteiger partial charge in [-0.3, -0.25) is 0 Å². The second-order valence-electron chi connectivity index (χ2n) is 6.18. The van der Waals surface area contributed by atoms with Crippen molar-refractivity contribution >= 4 is 0 Å². The molecule has 0 bridgehead atoms. The molecule has 0 aliphatic heterocycles. The fourth-order valence-corrected chi connectivity index (χ4v) is 2.88. The average Bonchev–Trinajstić information content (AvgIpc) is 2.47. The van der Waals surface area contributed by atoms with Crippen LogP contribution in [0.4, 0.5) is 0 Å². The Morgan fingerprint density at radius 2 is 2.14 bits per heavy atom. The first-order valence-electron chi connectivity index (χ1n) is 8.27. The van der Waals surface area contributed by atoms with Crippen LogP contribution in [0.15, 0.2) is 18.2 Å². The molecule has 118 valence electrons. The molecule has 1 aromatic rings. The Labute approximate surface area is 129 Å². The van der Waals surface area contributed by atoms with Gasteiger partial charge in [0.1, 0.15) is 12.4 Å². The molecule has 2 rings (SSSR count). The van der Waals surface area contributed by atoms with Crippen LogP contribution in [0.25, 0.3) is 0 Å². The molecule has 0 heterocycles. The van der Waals surface area contributed by atoms with Gasteiger partial charge < -0.3 is 14.8 Å². The Morgan fingerprint density at radius 1 is 1.29 bits per heavy atom. The van der Waals surface area contributed by atoms with Gasteiger partial charge in [0.2, 0.25) is 0 Å². The normalized spacial score (nSPS) is 17.8. The molecular weight excluding hydrogens is 262 g/mol. The van der Waals surface area contributed by atoms with Crippen LogP contribution in [0.3, 0.4) is 0 Å². The zero-order valence-corrected chi connectivity index (χ0v) is 13.7. The number of ether oxygens (including phenoxy) is 2. The van der Waals surface area contributed by atoms with E-state index in [-0.39, 0.29) is 0 Å². The van der Waals surface area contributed by atoms with Gasteiger partial charge in [0.25, 0.3) is 0 Å². The Kier molecular flexibility index (Phi) is 6.52. The van der Waals surface area contributed by atoms with E-state index < -0.39 is 0 Å². The maximum Gasteiger partial charge on any atom is 0.119 e. The number of benzene rings is 1. The molecule has 1 aliphatic rings. The fraction of sp³-hybridized carbons (Fsp3) is 0.667. The van der Waals surface area contributed by atoms with Crippen LogP contribution in [0, 0.1) is 5.92 Å². The summed E-state index contributed by atoms with van der Waals surface area (Å²) in [6, 6.07) is 7.05. The van der Waals surface area contributed by atoms with Gasteiger partial charge in [0.05, 0.1) is 6.61 Å². The maximum atomic E-state index is 5.80. The van der Waals surface area contributed by atoms with Crippen LogP contribution < -0.4 is 10.1 Å². The quantitative estimate of drug-likeness (QED) is 0.740. The number of aryl methyl sites for hydroxylation is 1. The van der Waals surface area contributed by atoms with Gasteiger partial charge in [0, 0.05) is 12.6 Å². The van der Waals surface area contributed by atoms with Gasteiger partial charge >= 0.3 is 0 Å². The maximum absolute atomic E-state index is 5.80. The molecule has 1 atom stereocenters. The van der Waals surface area contributed by atoms with Crippen LogP contribution in [0.1, 0.15) is 50.8 Å². The standard InChI is InChI=1S/C18H29NO2/c1-4-19-18-7-5-6-15-12-16(8-9-17(15)18)21-11-10-20-13-14(2)3/h8-9,12,14,18-19H,4-7,10-11,13H2,1-3H3. The molecule has 0 aromatic heterocycles. The molecule has 0 spiro atoms. The van der Waals surface area contributed by atoms with Crippen molar-refractivity contribution in [3.05, 3.63) is 29.3 Å². The second-order valence-corrected chi connectivity index (χ2v) is 6.18. The van der Waals surface area contributed by atoms with E-state index in [0.717, 1.165) is 25.3 Å². The third kappa shape index (κ3) is 5.01. The van der Waals surface area contributed by atoms with E-state index in [4.69, 9.17) is 9.47 Å². The van der Waals surface area contributed by atoms with Gasteiger partial charge in [-0.2, -0.15) is 0 Å². The van der Waals surface area contributed by atoms with Crippen LogP contribution >= 0.6 is 0 Å². The topological polar surface area (TPSA) is 30.5 Å². The molecule has 0 saturated carbocycles. The predicted molar refractivity (Wildman–Crippen MR) is 86.9 cm³/mol. The molecule has 3 nitrogen and oxygen atoms in total. The molecular formula is C18H29NO2. The molecule has 21 heavy (non-hydrogen) atoms. The molecule has 1 unspecified atom stereocenters. The van der Waals surface area contributed by atoms with Crippen LogP contribution in [-0.4, -0.2) is 26.4 Å². The zero-order valence-electron chi connectivity index (χ0n) is 13.7. The monoisotopic (exact) mass is 291 g/mol. The van der Waals surface area contributed by atoms with E-state index in [1.54, 1.807) is 0 Å². The highest BCUT2D eigenvalue weighted by molar-refractivity contribution is 5.39. The van der Waals surface area contributed by atoms with E-state index >= 15 is 0 Å². The van der Waals surface area contributed by atoms with E-state index in [1.165, 1.54) is 24.0 Å². The Hall–Kier alpha value is -1.06. The molecule has 1 aliphatic carbocycles. The zero-order chi connectivity index (χ0) is 15.1. The average molecular weight is 291 g/mol. The lowest BCUT2D eigenvalue weighted by Crippen LogP contribution is -2.24. The first kappa shape index (κ1) is 16.3. The summed E-state index contributed by atoms with van der Waals surface area (Å²) in [5, 5.41) is 3.57. The highest BCUT2D eigenvalue weighted by Crippen LogP contribution is 2.32. The molecule has 0 saturated heterocycles. The van der Waals surface area contributed by atoms with E-state index in [9.17, 15) is 0 Å². The van der Waals surface area contributed by atoms with E-state index in [0.29, 0.717) is 25.2 Å². The largest absolute Gasteiger partial charge is 0.491 e. The lowest BCUT2D eigenvalue weighted by Gasteiger charge is -2.26. The van der Waals surface area contributed by atoms with E-state index in [2.05, 4.69) is 44.3 Å². The summed E-state index contributed by atoms with van der Waals surface area (Å²) < 4.78 is 11.3.